The second-order valence-corrected chi connectivity index (χ2v) is 4.81. The number of ether oxygens (including phenoxy) is 1. The van der Waals surface area contributed by atoms with Crippen molar-refractivity contribution >= 4 is 11.6 Å². The first kappa shape index (κ1) is 12.7. The Labute approximate surface area is 115 Å². The number of tetrazole rings is 1. The van der Waals surface area contributed by atoms with Crippen molar-refractivity contribution in [1.29, 1.82) is 0 Å². The summed E-state index contributed by atoms with van der Waals surface area (Å²) in [5, 5.41) is 14.0. The molecule has 1 fully saturated rings. The van der Waals surface area contributed by atoms with E-state index in [1.165, 1.54) is 6.33 Å². The second-order valence-electron chi connectivity index (χ2n) is 4.81. The van der Waals surface area contributed by atoms with Gasteiger partial charge in [0.25, 0.3) is 0 Å². The number of aromatic nitrogens is 4. The maximum Gasteiger partial charge on any atom is 0.229 e. The predicted molar refractivity (Wildman–Crippen MR) is 71.4 cm³/mol. The minimum Gasteiger partial charge on any atom is -0.381 e. The van der Waals surface area contributed by atoms with E-state index in [-0.39, 0.29) is 11.8 Å². The van der Waals surface area contributed by atoms with Gasteiger partial charge >= 0.3 is 0 Å². The number of benzene rings is 1. The first-order valence-corrected chi connectivity index (χ1v) is 6.46. The number of carbonyl (C=O) groups is 1. The smallest absolute Gasteiger partial charge is 0.229 e. The molecule has 1 aromatic carbocycles. The molecule has 1 saturated heterocycles. The minimum atomic E-state index is -0.0468. The van der Waals surface area contributed by atoms with Crippen LogP contribution in [0, 0.1) is 12.8 Å². The van der Waals surface area contributed by atoms with E-state index in [2.05, 4.69) is 20.8 Å². The van der Waals surface area contributed by atoms with E-state index in [1.807, 2.05) is 25.1 Å². The molecule has 20 heavy (non-hydrogen) atoms. The van der Waals surface area contributed by atoms with Crippen LogP contribution in [0.3, 0.4) is 0 Å². The molecule has 0 aliphatic carbocycles. The average Bonchev–Trinajstić information content (AvgIpc) is 3.12. The van der Waals surface area contributed by atoms with Gasteiger partial charge in [0, 0.05) is 12.3 Å². The van der Waals surface area contributed by atoms with Crippen LogP contribution in [-0.2, 0) is 9.53 Å². The molecule has 1 aromatic heterocycles. The fraction of sp³-hybridized carbons (Fsp3) is 0.385. The first-order valence-electron chi connectivity index (χ1n) is 6.46. The molecule has 3 rings (SSSR count). The van der Waals surface area contributed by atoms with Gasteiger partial charge in [0.05, 0.1) is 18.2 Å². The number of nitrogens with zero attached hydrogens (tertiary/aromatic N) is 4. The molecule has 2 aromatic rings. The standard InChI is InChI=1S/C13H15N5O2/c1-9-6-11(15-13(19)10-4-5-20-7-10)2-3-12(9)18-8-14-16-17-18/h2-3,6,8,10H,4-5,7H2,1H3,(H,15,19). The van der Waals surface area contributed by atoms with Crippen molar-refractivity contribution < 1.29 is 9.53 Å². The Morgan fingerprint density at radius 2 is 2.40 bits per heavy atom. The number of amides is 1. The van der Waals surface area contributed by atoms with Crippen molar-refractivity contribution in [3.63, 3.8) is 0 Å². The van der Waals surface area contributed by atoms with Crippen LogP contribution < -0.4 is 5.32 Å². The van der Waals surface area contributed by atoms with Crippen molar-refractivity contribution in [3.05, 3.63) is 30.1 Å². The Hall–Kier alpha value is -2.28. The van der Waals surface area contributed by atoms with Gasteiger partial charge in [0.15, 0.2) is 0 Å². The summed E-state index contributed by atoms with van der Waals surface area (Å²) in [7, 11) is 0. The van der Waals surface area contributed by atoms with Gasteiger partial charge in [0.1, 0.15) is 6.33 Å². The molecule has 0 saturated carbocycles. The first-order chi connectivity index (χ1) is 9.74. The van der Waals surface area contributed by atoms with Crippen molar-refractivity contribution in [2.45, 2.75) is 13.3 Å². The van der Waals surface area contributed by atoms with Crippen LogP contribution in [0.25, 0.3) is 5.69 Å². The van der Waals surface area contributed by atoms with Crippen molar-refractivity contribution in [2.24, 2.45) is 5.92 Å². The van der Waals surface area contributed by atoms with Crippen LogP contribution in [0.1, 0.15) is 12.0 Å². The third-order valence-corrected chi connectivity index (χ3v) is 3.36. The Bertz CT molecular complexity index is 605. The van der Waals surface area contributed by atoms with Gasteiger partial charge in [-0.15, -0.1) is 5.10 Å². The number of rotatable bonds is 3. The molecule has 1 unspecified atom stereocenters. The van der Waals surface area contributed by atoms with E-state index in [9.17, 15) is 4.79 Å². The highest BCUT2D eigenvalue weighted by atomic mass is 16.5. The lowest BCUT2D eigenvalue weighted by molar-refractivity contribution is -0.119. The third kappa shape index (κ3) is 2.53. The predicted octanol–water partition coefficient (Wildman–Crippen LogP) is 0.946. The van der Waals surface area contributed by atoms with Crippen molar-refractivity contribution in [3.8, 4) is 5.69 Å². The van der Waals surface area contributed by atoms with Gasteiger partial charge in [-0.2, -0.15) is 0 Å². The van der Waals surface area contributed by atoms with E-state index >= 15 is 0 Å². The second kappa shape index (κ2) is 5.38. The van der Waals surface area contributed by atoms with Gasteiger partial charge in [-0.3, -0.25) is 4.79 Å². The molecule has 1 atom stereocenters. The molecule has 1 N–H and O–H groups in total. The van der Waals surface area contributed by atoms with Crippen LogP contribution in [-0.4, -0.2) is 39.3 Å². The van der Waals surface area contributed by atoms with Gasteiger partial charge in [-0.1, -0.05) is 0 Å². The average molecular weight is 273 g/mol. The number of hydrogen-bond donors (Lipinski definition) is 1. The largest absolute Gasteiger partial charge is 0.381 e. The Balaban J connectivity index is 1.75. The monoisotopic (exact) mass is 273 g/mol. The summed E-state index contributed by atoms with van der Waals surface area (Å²) in [6, 6.07) is 5.63. The highest BCUT2D eigenvalue weighted by Crippen LogP contribution is 2.20. The lowest BCUT2D eigenvalue weighted by Crippen LogP contribution is -2.22. The summed E-state index contributed by atoms with van der Waals surface area (Å²) in [5.74, 6) is -0.0356. The molecule has 0 bridgehead atoms. The zero-order valence-corrected chi connectivity index (χ0v) is 11.1. The molecule has 1 amide bonds. The van der Waals surface area contributed by atoms with Crippen LogP contribution in [0.4, 0.5) is 5.69 Å². The molecule has 1 aliphatic rings. The Morgan fingerprint density at radius 3 is 3.05 bits per heavy atom. The summed E-state index contributed by atoms with van der Waals surface area (Å²) >= 11 is 0. The van der Waals surface area contributed by atoms with Crippen LogP contribution in [0.15, 0.2) is 24.5 Å². The number of anilines is 1. The molecule has 7 nitrogen and oxygen atoms in total. The number of hydrogen-bond acceptors (Lipinski definition) is 5. The molecule has 0 spiro atoms. The topological polar surface area (TPSA) is 81.9 Å². The van der Waals surface area contributed by atoms with E-state index in [1.54, 1.807) is 4.68 Å². The molecule has 0 radical (unpaired) electrons. The molecule has 7 heteroatoms. The normalized spacial score (nSPS) is 18.1. The lowest BCUT2D eigenvalue weighted by atomic mass is 10.1. The maximum atomic E-state index is 12.0. The van der Waals surface area contributed by atoms with Crippen molar-refractivity contribution in [2.75, 3.05) is 18.5 Å². The summed E-state index contributed by atoms with van der Waals surface area (Å²) in [6.45, 7) is 3.12. The fourth-order valence-electron chi connectivity index (χ4n) is 2.25. The maximum absolute atomic E-state index is 12.0. The highest BCUT2D eigenvalue weighted by Gasteiger charge is 2.23. The molecule has 2 heterocycles. The summed E-state index contributed by atoms with van der Waals surface area (Å²) < 4.78 is 6.81. The van der Waals surface area contributed by atoms with Gasteiger partial charge in [-0.05, 0) is 47.5 Å². The lowest BCUT2D eigenvalue weighted by Gasteiger charge is -2.11. The summed E-state index contributed by atoms with van der Waals surface area (Å²) in [5.41, 5.74) is 2.64. The van der Waals surface area contributed by atoms with Crippen LogP contribution in [0.2, 0.25) is 0 Å². The molecule has 104 valence electrons. The van der Waals surface area contributed by atoms with Crippen LogP contribution in [0.5, 0.6) is 0 Å². The summed E-state index contributed by atoms with van der Waals surface area (Å²) in [4.78, 5) is 12.0. The molecule has 1 aliphatic heterocycles. The van der Waals surface area contributed by atoms with E-state index in [4.69, 9.17) is 4.74 Å². The quantitative estimate of drug-likeness (QED) is 0.900. The summed E-state index contributed by atoms with van der Waals surface area (Å²) in [6.07, 6.45) is 2.32. The SMILES string of the molecule is Cc1cc(NC(=O)C2CCOC2)ccc1-n1cnnn1. The van der Waals surface area contributed by atoms with Crippen LogP contribution >= 0.6 is 0 Å². The molecular weight excluding hydrogens is 258 g/mol. The fourth-order valence-corrected chi connectivity index (χ4v) is 2.25. The molecular formula is C13H15N5O2. The zero-order valence-electron chi connectivity index (χ0n) is 11.1. The Morgan fingerprint density at radius 1 is 1.50 bits per heavy atom. The third-order valence-electron chi connectivity index (χ3n) is 3.36. The number of nitrogens with one attached hydrogen (secondary N) is 1. The zero-order chi connectivity index (χ0) is 13.9. The van der Waals surface area contributed by atoms with Gasteiger partial charge in [0.2, 0.25) is 5.91 Å². The number of aryl methyl sites for hydroxylation is 1. The Kier molecular flexibility index (Phi) is 3.42. The number of carbonyl (C=O) groups excluding carboxylic acids is 1. The van der Waals surface area contributed by atoms with E-state index in [0.29, 0.717) is 13.2 Å². The van der Waals surface area contributed by atoms with E-state index < -0.39 is 0 Å². The van der Waals surface area contributed by atoms with Gasteiger partial charge < -0.3 is 10.1 Å². The minimum absolute atomic E-state index is 0.0112. The van der Waals surface area contributed by atoms with Crippen molar-refractivity contribution in [1.82, 2.24) is 20.2 Å². The van der Waals surface area contributed by atoms with E-state index in [0.717, 1.165) is 23.4 Å². The highest BCUT2D eigenvalue weighted by molar-refractivity contribution is 5.93. The van der Waals surface area contributed by atoms with Gasteiger partial charge in [-0.25, -0.2) is 4.68 Å².